The van der Waals surface area contributed by atoms with E-state index >= 15 is 0 Å². The standard InChI is InChI=1S/C18H19N3O2/c19-17(20)13-6-7-16-15(10-13)14(11-23-16)8-9-21-18(22)12-4-2-1-3-5-12/h1-7,10,14H,8-9,11H2,(H3,19,20)(H,21,22). The summed E-state index contributed by atoms with van der Waals surface area (Å²) < 4.78 is 5.66. The lowest BCUT2D eigenvalue weighted by atomic mass is 9.96. The second-order valence-electron chi connectivity index (χ2n) is 5.58. The van der Waals surface area contributed by atoms with Gasteiger partial charge in [0, 0.05) is 29.2 Å². The number of benzene rings is 2. The first-order chi connectivity index (χ1) is 11.1. The molecule has 1 atom stereocenters. The fourth-order valence-corrected chi connectivity index (χ4v) is 2.74. The van der Waals surface area contributed by atoms with Crippen LogP contribution in [0.5, 0.6) is 5.75 Å². The van der Waals surface area contributed by atoms with Crippen molar-refractivity contribution < 1.29 is 9.53 Å². The van der Waals surface area contributed by atoms with Crippen LogP contribution in [0.2, 0.25) is 0 Å². The Morgan fingerprint density at radius 1 is 1.22 bits per heavy atom. The zero-order valence-electron chi connectivity index (χ0n) is 12.7. The fourth-order valence-electron chi connectivity index (χ4n) is 2.74. The molecule has 1 amide bonds. The molecule has 2 aromatic rings. The third kappa shape index (κ3) is 3.34. The number of amidine groups is 1. The first-order valence-electron chi connectivity index (χ1n) is 7.59. The Morgan fingerprint density at radius 3 is 2.74 bits per heavy atom. The van der Waals surface area contributed by atoms with Crippen molar-refractivity contribution in [3.8, 4) is 5.75 Å². The average Bonchev–Trinajstić information content (AvgIpc) is 2.98. The molecule has 0 aliphatic carbocycles. The molecule has 4 N–H and O–H groups in total. The largest absolute Gasteiger partial charge is 0.493 e. The van der Waals surface area contributed by atoms with Gasteiger partial charge in [-0.3, -0.25) is 10.2 Å². The third-order valence-electron chi connectivity index (χ3n) is 4.01. The van der Waals surface area contributed by atoms with Gasteiger partial charge in [0.1, 0.15) is 11.6 Å². The summed E-state index contributed by atoms with van der Waals surface area (Å²) in [6, 6.07) is 14.7. The van der Waals surface area contributed by atoms with Crippen molar-refractivity contribution in [2.24, 2.45) is 5.73 Å². The van der Waals surface area contributed by atoms with E-state index in [9.17, 15) is 4.79 Å². The van der Waals surface area contributed by atoms with E-state index in [1.165, 1.54) is 0 Å². The Kier molecular flexibility index (Phi) is 4.28. The first-order valence-corrected chi connectivity index (χ1v) is 7.59. The quantitative estimate of drug-likeness (QED) is 0.585. The number of rotatable bonds is 5. The summed E-state index contributed by atoms with van der Waals surface area (Å²) in [6.45, 7) is 1.17. The highest BCUT2D eigenvalue weighted by atomic mass is 16.5. The van der Waals surface area contributed by atoms with Crippen molar-refractivity contribution in [2.75, 3.05) is 13.2 Å². The Hall–Kier alpha value is -2.82. The molecule has 0 fully saturated rings. The summed E-state index contributed by atoms with van der Waals surface area (Å²) in [5, 5.41) is 10.5. The first kappa shape index (κ1) is 15.1. The molecule has 2 aromatic carbocycles. The Bertz CT molecular complexity index is 728. The maximum atomic E-state index is 12.0. The van der Waals surface area contributed by atoms with Crippen LogP contribution < -0.4 is 15.8 Å². The highest BCUT2D eigenvalue weighted by Crippen LogP contribution is 2.36. The van der Waals surface area contributed by atoms with Crippen LogP contribution in [0.25, 0.3) is 0 Å². The minimum Gasteiger partial charge on any atom is -0.493 e. The van der Waals surface area contributed by atoms with E-state index < -0.39 is 0 Å². The van der Waals surface area contributed by atoms with Gasteiger partial charge >= 0.3 is 0 Å². The molecule has 5 heteroatoms. The number of nitrogen functional groups attached to an aromatic ring is 1. The van der Waals surface area contributed by atoms with Crippen LogP contribution in [0, 0.1) is 5.41 Å². The molecule has 1 unspecified atom stereocenters. The van der Waals surface area contributed by atoms with Gasteiger partial charge in [0.05, 0.1) is 6.61 Å². The number of hydrogen-bond donors (Lipinski definition) is 3. The van der Waals surface area contributed by atoms with Gasteiger partial charge in [0.2, 0.25) is 0 Å². The number of nitrogens with one attached hydrogen (secondary N) is 2. The van der Waals surface area contributed by atoms with Gasteiger partial charge < -0.3 is 15.8 Å². The molecule has 118 valence electrons. The maximum Gasteiger partial charge on any atom is 0.251 e. The third-order valence-corrected chi connectivity index (χ3v) is 4.01. The molecule has 1 aliphatic heterocycles. The van der Waals surface area contributed by atoms with Gasteiger partial charge in [-0.25, -0.2) is 0 Å². The topological polar surface area (TPSA) is 88.2 Å². The van der Waals surface area contributed by atoms with E-state index in [1.54, 1.807) is 18.2 Å². The zero-order chi connectivity index (χ0) is 16.2. The van der Waals surface area contributed by atoms with E-state index in [0.29, 0.717) is 24.3 Å². The normalized spacial score (nSPS) is 15.6. The van der Waals surface area contributed by atoms with Crippen LogP contribution in [0.1, 0.15) is 33.8 Å². The van der Waals surface area contributed by atoms with E-state index in [2.05, 4.69) is 5.32 Å². The van der Waals surface area contributed by atoms with Crippen molar-refractivity contribution in [2.45, 2.75) is 12.3 Å². The van der Waals surface area contributed by atoms with Gasteiger partial charge in [-0.1, -0.05) is 18.2 Å². The van der Waals surface area contributed by atoms with Gasteiger partial charge in [0.15, 0.2) is 0 Å². The minimum atomic E-state index is -0.0674. The molecule has 0 saturated heterocycles. The van der Waals surface area contributed by atoms with E-state index in [-0.39, 0.29) is 17.7 Å². The van der Waals surface area contributed by atoms with E-state index in [1.807, 2.05) is 30.3 Å². The van der Waals surface area contributed by atoms with Crippen LogP contribution in [-0.2, 0) is 0 Å². The van der Waals surface area contributed by atoms with Crippen molar-refractivity contribution in [3.05, 3.63) is 65.2 Å². The van der Waals surface area contributed by atoms with Gasteiger partial charge in [-0.2, -0.15) is 0 Å². The second-order valence-corrected chi connectivity index (χ2v) is 5.58. The number of ether oxygens (including phenoxy) is 1. The molecular formula is C18H19N3O2. The molecule has 0 bridgehead atoms. The Labute approximate surface area is 135 Å². The summed E-state index contributed by atoms with van der Waals surface area (Å²) in [5.74, 6) is 1.04. The van der Waals surface area contributed by atoms with Crippen LogP contribution in [-0.4, -0.2) is 24.9 Å². The Balaban J connectivity index is 1.60. The predicted molar refractivity (Wildman–Crippen MR) is 89.1 cm³/mol. The molecule has 1 aliphatic rings. The molecule has 23 heavy (non-hydrogen) atoms. The van der Waals surface area contributed by atoms with Gasteiger partial charge in [0.25, 0.3) is 5.91 Å². The predicted octanol–water partition coefficient (Wildman–Crippen LogP) is 2.27. The second kappa shape index (κ2) is 6.52. The fraction of sp³-hybridized carbons (Fsp3) is 0.222. The van der Waals surface area contributed by atoms with E-state index in [4.69, 9.17) is 15.9 Å². The van der Waals surface area contributed by atoms with Crippen LogP contribution in [0.15, 0.2) is 48.5 Å². The molecule has 0 aromatic heterocycles. The lowest BCUT2D eigenvalue weighted by Crippen LogP contribution is -2.25. The SMILES string of the molecule is N=C(N)c1ccc2c(c1)C(CCNC(=O)c1ccccc1)CO2. The van der Waals surface area contributed by atoms with Crippen molar-refractivity contribution in [1.29, 1.82) is 5.41 Å². The molecule has 0 radical (unpaired) electrons. The van der Waals surface area contributed by atoms with Gasteiger partial charge in [-0.05, 0) is 36.8 Å². The molecule has 3 rings (SSSR count). The minimum absolute atomic E-state index is 0.0517. The number of hydrogen-bond acceptors (Lipinski definition) is 3. The summed E-state index contributed by atoms with van der Waals surface area (Å²) in [7, 11) is 0. The monoisotopic (exact) mass is 309 g/mol. The summed E-state index contributed by atoms with van der Waals surface area (Å²) in [6.07, 6.45) is 0.785. The average molecular weight is 309 g/mol. The smallest absolute Gasteiger partial charge is 0.251 e. The molecular weight excluding hydrogens is 290 g/mol. The van der Waals surface area contributed by atoms with Crippen molar-refractivity contribution in [1.82, 2.24) is 5.32 Å². The van der Waals surface area contributed by atoms with Crippen molar-refractivity contribution in [3.63, 3.8) is 0 Å². The highest BCUT2D eigenvalue weighted by Gasteiger charge is 2.24. The maximum absolute atomic E-state index is 12.0. The van der Waals surface area contributed by atoms with Crippen molar-refractivity contribution >= 4 is 11.7 Å². The molecule has 5 nitrogen and oxygen atoms in total. The lowest BCUT2D eigenvalue weighted by molar-refractivity contribution is 0.0952. The zero-order valence-corrected chi connectivity index (χ0v) is 12.7. The summed E-state index contributed by atoms with van der Waals surface area (Å²) >= 11 is 0. The number of carbonyl (C=O) groups is 1. The lowest BCUT2D eigenvalue weighted by Gasteiger charge is -2.11. The summed E-state index contributed by atoms with van der Waals surface area (Å²) in [4.78, 5) is 12.0. The Morgan fingerprint density at radius 2 is 2.00 bits per heavy atom. The van der Waals surface area contributed by atoms with Crippen LogP contribution in [0.3, 0.4) is 0 Å². The number of amides is 1. The molecule has 0 saturated carbocycles. The highest BCUT2D eigenvalue weighted by molar-refractivity contribution is 5.95. The number of fused-ring (bicyclic) bond motifs is 1. The van der Waals surface area contributed by atoms with E-state index in [0.717, 1.165) is 17.7 Å². The van der Waals surface area contributed by atoms with Crippen LogP contribution >= 0.6 is 0 Å². The molecule has 0 spiro atoms. The van der Waals surface area contributed by atoms with Crippen LogP contribution in [0.4, 0.5) is 0 Å². The van der Waals surface area contributed by atoms with Gasteiger partial charge in [-0.15, -0.1) is 0 Å². The number of carbonyl (C=O) groups excluding carboxylic acids is 1. The number of nitrogens with two attached hydrogens (primary N) is 1. The molecule has 1 heterocycles. The summed E-state index contributed by atoms with van der Waals surface area (Å²) in [5.41, 5.74) is 7.97.